The van der Waals surface area contributed by atoms with Gasteiger partial charge in [-0.05, 0) is 17.9 Å². The second-order valence-electron chi connectivity index (χ2n) is 4.35. The summed E-state index contributed by atoms with van der Waals surface area (Å²) in [5.41, 5.74) is 8.05. The molecule has 90 valence electrons. The van der Waals surface area contributed by atoms with Crippen molar-refractivity contribution in [2.75, 3.05) is 13.1 Å². The van der Waals surface area contributed by atoms with E-state index in [2.05, 4.69) is 15.3 Å². The van der Waals surface area contributed by atoms with E-state index in [-0.39, 0.29) is 5.91 Å². The highest BCUT2D eigenvalue weighted by molar-refractivity contribution is 5.75. The second-order valence-corrected chi connectivity index (χ2v) is 4.35. The molecule has 0 aromatic carbocycles. The Morgan fingerprint density at radius 1 is 1.38 bits per heavy atom. The molecule has 0 bridgehead atoms. The molecule has 1 rings (SSSR count). The fourth-order valence-corrected chi connectivity index (χ4v) is 2.19. The zero-order chi connectivity index (χ0) is 11.6. The van der Waals surface area contributed by atoms with Crippen molar-refractivity contribution < 1.29 is 4.79 Å². The largest absolute Gasteiger partial charge is 0.356 e. The van der Waals surface area contributed by atoms with Gasteiger partial charge in [0.25, 0.3) is 0 Å². The number of carbonyl (C=O) groups excluding carboxylic acids is 1. The van der Waals surface area contributed by atoms with E-state index in [1.54, 1.807) is 0 Å². The molecule has 0 aliphatic heterocycles. The summed E-state index contributed by atoms with van der Waals surface area (Å²) < 4.78 is 0. The van der Waals surface area contributed by atoms with Crippen LogP contribution in [0.15, 0.2) is 5.11 Å². The van der Waals surface area contributed by atoms with Crippen molar-refractivity contribution >= 4 is 5.91 Å². The number of rotatable bonds is 6. The molecule has 16 heavy (non-hydrogen) atoms. The minimum absolute atomic E-state index is 0.0821. The first-order chi connectivity index (χ1) is 7.83. The molecule has 1 aliphatic rings. The van der Waals surface area contributed by atoms with Gasteiger partial charge in [0.15, 0.2) is 0 Å². The zero-order valence-electron chi connectivity index (χ0n) is 9.69. The van der Waals surface area contributed by atoms with Gasteiger partial charge >= 0.3 is 0 Å². The molecule has 1 saturated carbocycles. The Labute approximate surface area is 96.2 Å². The monoisotopic (exact) mass is 224 g/mol. The maximum atomic E-state index is 11.4. The van der Waals surface area contributed by atoms with Gasteiger partial charge in [-0.15, -0.1) is 0 Å². The van der Waals surface area contributed by atoms with Crippen molar-refractivity contribution in [3.05, 3.63) is 10.4 Å². The van der Waals surface area contributed by atoms with Crippen molar-refractivity contribution in [2.24, 2.45) is 11.0 Å². The average molecular weight is 224 g/mol. The topological polar surface area (TPSA) is 77.9 Å². The average Bonchev–Trinajstić information content (AvgIpc) is 2.33. The van der Waals surface area contributed by atoms with Crippen LogP contribution in [-0.4, -0.2) is 19.0 Å². The van der Waals surface area contributed by atoms with E-state index in [9.17, 15) is 4.79 Å². The number of amides is 1. The van der Waals surface area contributed by atoms with Gasteiger partial charge in [0.1, 0.15) is 0 Å². The molecule has 5 heteroatoms. The number of hydrogen-bond acceptors (Lipinski definition) is 2. The molecule has 0 saturated heterocycles. The van der Waals surface area contributed by atoms with Crippen LogP contribution in [0.3, 0.4) is 0 Å². The maximum Gasteiger partial charge on any atom is 0.220 e. The van der Waals surface area contributed by atoms with E-state index in [1.165, 1.54) is 32.1 Å². The highest BCUT2D eigenvalue weighted by atomic mass is 16.1. The minimum Gasteiger partial charge on any atom is -0.356 e. The number of nitrogens with one attached hydrogen (secondary N) is 1. The summed E-state index contributed by atoms with van der Waals surface area (Å²) in [4.78, 5) is 14.0. The van der Waals surface area contributed by atoms with Gasteiger partial charge in [0.2, 0.25) is 5.91 Å². The minimum atomic E-state index is 0.0821. The summed E-state index contributed by atoms with van der Waals surface area (Å²) >= 11 is 0. The predicted octanol–water partition coefficient (Wildman–Crippen LogP) is 2.77. The lowest BCUT2D eigenvalue weighted by Crippen LogP contribution is -2.26. The highest BCUT2D eigenvalue weighted by Crippen LogP contribution is 2.26. The van der Waals surface area contributed by atoms with Crippen LogP contribution in [0.2, 0.25) is 0 Å². The molecule has 1 N–H and O–H groups in total. The molecular weight excluding hydrogens is 204 g/mol. The van der Waals surface area contributed by atoms with Crippen LogP contribution in [0.25, 0.3) is 10.4 Å². The van der Waals surface area contributed by atoms with E-state index in [4.69, 9.17) is 5.53 Å². The van der Waals surface area contributed by atoms with E-state index in [0.29, 0.717) is 19.5 Å². The van der Waals surface area contributed by atoms with Crippen molar-refractivity contribution in [2.45, 2.75) is 44.9 Å². The third-order valence-corrected chi connectivity index (χ3v) is 3.10. The van der Waals surface area contributed by atoms with E-state index in [0.717, 1.165) is 12.3 Å². The van der Waals surface area contributed by atoms with Gasteiger partial charge < -0.3 is 5.32 Å². The third kappa shape index (κ3) is 5.61. The van der Waals surface area contributed by atoms with Gasteiger partial charge in [-0.2, -0.15) is 0 Å². The Kier molecular flexibility index (Phi) is 6.42. The SMILES string of the molecule is [N-]=[N+]=NCCNC(=O)CCC1CCCCC1. The van der Waals surface area contributed by atoms with Crippen LogP contribution in [-0.2, 0) is 4.79 Å². The number of nitrogens with zero attached hydrogens (tertiary/aromatic N) is 3. The molecule has 0 unspecified atom stereocenters. The lowest BCUT2D eigenvalue weighted by molar-refractivity contribution is -0.121. The zero-order valence-corrected chi connectivity index (χ0v) is 9.69. The highest BCUT2D eigenvalue weighted by Gasteiger charge is 2.14. The summed E-state index contributed by atoms with van der Waals surface area (Å²) in [5.74, 6) is 0.829. The van der Waals surface area contributed by atoms with Crippen molar-refractivity contribution in [3.8, 4) is 0 Å². The van der Waals surface area contributed by atoms with E-state index in [1.807, 2.05) is 0 Å². The number of carbonyl (C=O) groups is 1. The second kappa shape index (κ2) is 7.99. The predicted molar refractivity (Wildman–Crippen MR) is 62.8 cm³/mol. The van der Waals surface area contributed by atoms with Crippen LogP contribution in [0.5, 0.6) is 0 Å². The van der Waals surface area contributed by atoms with Crippen LogP contribution < -0.4 is 5.32 Å². The lowest BCUT2D eigenvalue weighted by atomic mass is 9.86. The molecule has 0 aromatic rings. The van der Waals surface area contributed by atoms with Crippen LogP contribution in [0.4, 0.5) is 0 Å². The Balaban J connectivity index is 2.02. The molecule has 0 aromatic heterocycles. The fourth-order valence-electron chi connectivity index (χ4n) is 2.19. The Hall–Kier alpha value is -1.22. The van der Waals surface area contributed by atoms with Crippen molar-refractivity contribution in [1.29, 1.82) is 0 Å². The third-order valence-electron chi connectivity index (χ3n) is 3.10. The molecule has 0 radical (unpaired) electrons. The van der Waals surface area contributed by atoms with Gasteiger partial charge in [0, 0.05) is 24.4 Å². The standard InChI is InChI=1S/C11H20N4O/c12-15-14-9-8-13-11(16)7-6-10-4-2-1-3-5-10/h10H,1-9H2,(H,13,16). The molecule has 0 spiro atoms. The summed E-state index contributed by atoms with van der Waals surface area (Å²) in [6.45, 7) is 0.791. The van der Waals surface area contributed by atoms with E-state index >= 15 is 0 Å². The molecule has 1 aliphatic carbocycles. The first-order valence-electron chi connectivity index (χ1n) is 6.10. The van der Waals surface area contributed by atoms with Crippen LogP contribution in [0.1, 0.15) is 44.9 Å². The molecule has 1 fully saturated rings. The number of hydrogen-bond donors (Lipinski definition) is 1. The van der Waals surface area contributed by atoms with Gasteiger partial charge in [-0.25, -0.2) is 0 Å². The quantitative estimate of drug-likeness (QED) is 0.320. The van der Waals surface area contributed by atoms with Gasteiger partial charge in [-0.3, -0.25) is 4.79 Å². The fraction of sp³-hybridized carbons (Fsp3) is 0.909. The normalized spacial score (nSPS) is 16.5. The Morgan fingerprint density at radius 3 is 2.81 bits per heavy atom. The first-order valence-corrected chi connectivity index (χ1v) is 6.10. The van der Waals surface area contributed by atoms with Crippen molar-refractivity contribution in [1.82, 2.24) is 5.32 Å². The molecule has 0 heterocycles. The smallest absolute Gasteiger partial charge is 0.220 e. The lowest BCUT2D eigenvalue weighted by Gasteiger charge is -2.20. The summed E-state index contributed by atoms with van der Waals surface area (Å²) in [7, 11) is 0. The maximum absolute atomic E-state index is 11.4. The summed E-state index contributed by atoms with van der Waals surface area (Å²) in [6.07, 6.45) is 8.19. The van der Waals surface area contributed by atoms with Crippen LogP contribution >= 0.6 is 0 Å². The molecule has 5 nitrogen and oxygen atoms in total. The Morgan fingerprint density at radius 2 is 2.12 bits per heavy atom. The van der Waals surface area contributed by atoms with Gasteiger partial charge in [0.05, 0.1) is 0 Å². The van der Waals surface area contributed by atoms with E-state index < -0.39 is 0 Å². The Bertz CT molecular complexity index is 255. The molecule has 1 amide bonds. The van der Waals surface area contributed by atoms with Crippen molar-refractivity contribution in [3.63, 3.8) is 0 Å². The number of azide groups is 1. The van der Waals surface area contributed by atoms with Gasteiger partial charge in [-0.1, -0.05) is 37.2 Å². The summed E-state index contributed by atoms with van der Waals surface area (Å²) in [5, 5.41) is 6.11. The first kappa shape index (κ1) is 12.8. The molecular formula is C11H20N4O. The summed E-state index contributed by atoms with van der Waals surface area (Å²) in [6, 6.07) is 0. The van der Waals surface area contributed by atoms with Crippen LogP contribution in [0, 0.1) is 5.92 Å². The molecule has 0 atom stereocenters.